The topological polar surface area (TPSA) is 133 Å². The van der Waals surface area contributed by atoms with Crippen molar-refractivity contribution < 1.29 is 9.53 Å². The van der Waals surface area contributed by atoms with Crippen LogP contribution in [0.25, 0.3) is 28.1 Å². The summed E-state index contributed by atoms with van der Waals surface area (Å²) in [6, 6.07) is 16.7. The lowest BCUT2D eigenvalue weighted by Crippen LogP contribution is -2.32. The van der Waals surface area contributed by atoms with Gasteiger partial charge in [0.05, 0.1) is 23.6 Å². The second-order valence-corrected chi connectivity index (χ2v) is 11.6. The molecule has 0 bridgehead atoms. The summed E-state index contributed by atoms with van der Waals surface area (Å²) in [5.74, 6) is 0.728. The lowest BCUT2D eigenvalue weighted by Gasteiger charge is -2.19. The molecule has 5 aromatic rings. The van der Waals surface area contributed by atoms with E-state index in [9.17, 15) is 9.59 Å². The number of H-pyrrole nitrogens is 1. The average molecular weight is 585 g/mol. The van der Waals surface area contributed by atoms with Gasteiger partial charge in [-0.05, 0) is 85.0 Å². The highest BCUT2D eigenvalue weighted by atomic mass is 35.5. The number of aromatic nitrogens is 7. The molecular weight excluding hydrogens is 556 g/mol. The van der Waals surface area contributed by atoms with E-state index in [1.165, 1.54) is 6.33 Å². The van der Waals surface area contributed by atoms with E-state index < -0.39 is 11.7 Å². The number of benzene rings is 2. The minimum Gasteiger partial charge on any atom is -0.444 e. The SMILES string of the molecule is CC(C)(C)OC(=O)NCc1ccc(-c2cnc([C@@H]3CCc4cc(-c5cc(Cl)ccc5-n5cnnn5)cc(=O)n43)[nH]2)cc1. The monoisotopic (exact) mass is 584 g/mol. The van der Waals surface area contributed by atoms with Gasteiger partial charge in [-0.25, -0.2) is 9.78 Å². The number of pyridine rings is 1. The highest BCUT2D eigenvalue weighted by molar-refractivity contribution is 6.31. The second kappa shape index (κ2) is 10.9. The molecule has 0 radical (unpaired) electrons. The minimum atomic E-state index is -0.546. The van der Waals surface area contributed by atoms with E-state index in [0.29, 0.717) is 11.6 Å². The number of aromatic amines is 1. The third-order valence-electron chi connectivity index (χ3n) is 7.01. The number of nitrogens with zero attached hydrogens (tertiary/aromatic N) is 6. The van der Waals surface area contributed by atoms with Crippen molar-refractivity contribution in [2.24, 2.45) is 0 Å². The molecule has 11 nitrogen and oxygen atoms in total. The quantitative estimate of drug-likeness (QED) is 0.284. The van der Waals surface area contributed by atoms with E-state index in [1.807, 2.05) is 63.2 Å². The summed E-state index contributed by atoms with van der Waals surface area (Å²) in [4.78, 5) is 33.5. The van der Waals surface area contributed by atoms with Crippen molar-refractivity contribution in [1.82, 2.24) is 40.1 Å². The Morgan fingerprint density at radius 3 is 2.67 bits per heavy atom. The standard InChI is InChI=1S/C30H29ClN8O3/c1-30(2,3)42-29(41)33-15-18-4-6-19(7-5-18)24-16-32-28(35-24)26-11-9-22-12-20(13-27(40)39(22)26)23-14-21(31)8-10-25(23)38-17-34-36-37-38/h4-8,10,12-14,16-17,26H,9,11,15H2,1-3H3,(H,32,35)(H,33,41)/t26-/m0/s1. The average Bonchev–Trinajstić information content (AvgIpc) is 3.72. The van der Waals surface area contributed by atoms with Crippen molar-refractivity contribution in [1.29, 1.82) is 0 Å². The molecule has 2 N–H and O–H groups in total. The van der Waals surface area contributed by atoms with Crippen molar-refractivity contribution in [2.45, 2.75) is 51.8 Å². The Hall–Kier alpha value is -4.77. The van der Waals surface area contributed by atoms with E-state index in [-0.39, 0.29) is 11.6 Å². The fourth-order valence-corrected chi connectivity index (χ4v) is 5.34. The van der Waals surface area contributed by atoms with Gasteiger partial charge in [-0.1, -0.05) is 35.9 Å². The third kappa shape index (κ3) is 5.68. The summed E-state index contributed by atoms with van der Waals surface area (Å²) in [5.41, 5.74) is 5.24. The number of carbonyl (C=O) groups is 1. The highest BCUT2D eigenvalue weighted by Crippen LogP contribution is 2.34. The number of hydrogen-bond acceptors (Lipinski definition) is 7. The molecule has 0 saturated heterocycles. The Kier molecular flexibility index (Phi) is 7.11. The second-order valence-electron chi connectivity index (χ2n) is 11.1. The predicted molar refractivity (Wildman–Crippen MR) is 157 cm³/mol. The van der Waals surface area contributed by atoms with Crippen LogP contribution in [0.15, 0.2) is 71.9 Å². The van der Waals surface area contributed by atoms with Gasteiger partial charge in [0.25, 0.3) is 5.56 Å². The number of hydrogen-bond donors (Lipinski definition) is 2. The number of fused-ring (bicyclic) bond motifs is 1. The fraction of sp³-hybridized carbons (Fsp3) is 0.267. The van der Waals surface area contributed by atoms with E-state index in [1.54, 1.807) is 27.6 Å². The Morgan fingerprint density at radius 2 is 1.93 bits per heavy atom. The van der Waals surface area contributed by atoms with Crippen LogP contribution in [0.3, 0.4) is 0 Å². The van der Waals surface area contributed by atoms with E-state index >= 15 is 0 Å². The van der Waals surface area contributed by atoms with Gasteiger partial charge in [-0.2, -0.15) is 4.68 Å². The first kappa shape index (κ1) is 27.4. The maximum Gasteiger partial charge on any atom is 0.407 e. The molecule has 3 aromatic heterocycles. The molecule has 214 valence electrons. The lowest BCUT2D eigenvalue weighted by atomic mass is 10.0. The Labute approximate surface area is 246 Å². The molecule has 0 spiro atoms. The van der Waals surface area contributed by atoms with Crippen LogP contribution in [0.2, 0.25) is 5.02 Å². The smallest absolute Gasteiger partial charge is 0.407 e. The van der Waals surface area contributed by atoms with Crippen LogP contribution in [0, 0.1) is 0 Å². The molecule has 1 atom stereocenters. The molecule has 0 unspecified atom stereocenters. The number of carbonyl (C=O) groups excluding carboxylic acids is 1. The zero-order valence-corrected chi connectivity index (χ0v) is 24.1. The molecule has 0 fully saturated rings. The van der Waals surface area contributed by atoms with Gasteiger partial charge >= 0.3 is 6.09 Å². The van der Waals surface area contributed by atoms with Gasteiger partial charge in [0.1, 0.15) is 17.8 Å². The van der Waals surface area contributed by atoms with Crippen LogP contribution in [-0.2, 0) is 17.7 Å². The molecule has 1 amide bonds. The number of ether oxygens (including phenoxy) is 1. The molecule has 42 heavy (non-hydrogen) atoms. The number of imidazole rings is 1. The Balaban J connectivity index is 1.21. The van der Waals surface area contributed by atoms with Gasteiger partial charge in [0, 0.05) is 28.9 Å². The minimum absolute atomic E-state index is 0.118. The fourth-order valence-electron chi connectivity index (χ4n) is 5.16. The number of aryl methyl sites for hydroxylation is 1. The number of tetrazole rings is 1. The van der Waals surface area contributed by atoms with Gasteiger partial charge in [0.15, 0.2) is 0 Å². The number of nitrogens with one attached hydrogen (secondary N) is 2. The normalized spacial score (nSPS) is 14.5. The zero-order valence-electron chi connectivity index (χ0n) is 23.3. The maximum absolute atomic E-state index is 13.5. The van der Waals surface area contributed by atoms with Crippen LogP contribution >= 0.6 is 11.6 Å². The van der Waals surface area contributed by atoms with Gasteiger partial charge in [-0.15, -0.1) is 5.10 Å². The first-order valence-corrected chi connectivity index (χ1v) is 13.9. The molecule has 0 aliphatic carbocycles. The highest BCUT2D eigenvalue weighted by Gasteiger charge is 2.28. The summed E-state index contributed by atoms with van der Waals surface area (Å²) in [5, 5.41) is 14.8. The molecule has 12 heteroatoms. The van der Waals surface area contributed by atoms with E-state index in [0.717, 1.165) is 58.0 Å². The summed E-state index contributed by atoms with van der Waals surface area (Å²) >= 11 is 6.32. The van der Waals surface area contributed by atoms with Gasteiger partial charge < -0.3 is 19.6 Å². The molecule has 1 aliphatic rings. The molecule has 6 rings (SSSR count). The number of halogens is 1. The van der Waals surface area contributed by atoms with Gasteiger partial charge in [0.2, 0.25) is 0 Å². The molecule has 0 saturated carbocycles. The summed E-state index contributed by atoms with van der Waals surface area (Å²) < 4.78 is 8.64. The summed E-state index contributed by atoms with van der Waals surface area (Å²) in [6.45, 7) is 5.84. The molecule has 4 heterocycles. The number of rotatable bonds is 6. The van der Waals surface area contributed by atoms with Crippen LogP contribution in [0.5, 0.6) is 0 Å². The van der Waals surface area contributed by atoms with Gasteiger partial charge in [-0.3, -0.25) is 4.79 Å². The third-order valence-corrected chi connectivity index (χ3v) is 7.25. The summed E-state index contributed by atoms with van der Waals surface area (Å²) in [6.07, 6.45) is 4.31. The van der Waals surface area contributed by atoms with Crippen LogP contribution in [0.4, 0.5) is 4.79 Å². The number of alkyl carbamates (subject to hydrolysis) is 1. The Morgan fingerprint density at radius 1 is 1.12 bits per heavy atom. The van der Waals surface area contributed by atoms with Crippen molar-refractivity contribution in [3.8, 4) is 28.1 Å². The first-order valence-electron chi connectivity index (χ1n) is 13.5. The van der Waals surface area contributed by atoms with Crippen LogP contribution in [-0.4, -0.2) is 46.4 Å². The summed E-state index contributed by atoms with van der Waals surface area (Å²) in [7, 11) is 0. The van der Waals surface area contributed by atoms with Crippen molar-refractivity contribution >= 4 is 17.7 Å². The van der Waals surface area contributed by atoms with Crippen LogP contribution < -0.4 is 10.9 Å². The molecular formula is C30H29ClN8O3. The largest absolute Gasteiger partial charge is 0.444 e. The maximum atomic E-state index is 13.5. The lowest BCUT2D eigenvalue weighted by molar-refractivity contribution is 0.0523. The molecule has 1 aliphatic heterocycles. The number of amides is 1. The zero-order chi connectivity index (χ0) is 29.4. The van der Waals surface area contributed by atoms with Crippen LogP contribution in [0.1, 0.15) is 50.3 Å². The van der Waals surface area contributed by atoms with Crippen molar-refractivity contribution in [2.75, 3.05) is 0 Å². The first-order chi connectivity index (χ1) is 20.1. The predicted octanol–water partition coefficient (Wildman–Crippen LogP) is 5.09. The van der Waals surface area contributed by atoms with Crippen molar-refractivity contribution in [3.63, 3.8) is 0 Å². The van der Waals surface area contributed by atoms with Crippen molar-refractivity contribution in [3.05, 3.63) is 99.6 Å². The van der Waals surface area contributed by atoms with E-state index in [4.69, 9.17) is 16.3 Å². The molecule has 2 aromatic carbocycles. The van der Waals surface area contributed by atoms with E-state index in [2.05, 4.69) is 30.8 Å². The Bertz CT molecular complexity index is 1800.